The summed E-state index contributed by atoms with van der Waals surface area (Å²) in [6.45, 7) is 0. The molecule has 1 atom stereocenters. The number of imidazole rings is 1. The Bertz CT molecular complexity index is 1760. The van der Waals surface area contributed by atoms with E-state index in [0.717, 1.165) is 11.3 Å². The van der Waals surface area contributed by atoms with Crippen LogP contribution in [0.1, 0.15) is 24.1 Å². The standard InChI is InChI=1S/C25H19Cl2N9O3/c1-39-25(38)32-21-6-2-13(10-28-21)17-11-29-24(31-17)19-5-7-22-30-16(9-23(37)36(19)22)15-8-14(26)3-4-18(15)35-12-20(27)33-34-35/h2-4,6,8-12,19H,5,7H2,1H3,(H,29,31)(H,28,32,38)/t19-/m0/s1. The van der Waals surface area contributed by atoms with Crippen LogP contribution in [0.25, 0.3) is 28.2 Å². The molecule has 1 aromatic carbocycles. The van der Waals surface area contributed by atoms with Crippen LogP contribution in [-0.2, 0) is 11.2 Å². The third-order valence-electron chi connectivity index (χ3n) is 6.33. The lowest BCUT2D eigenvalue weighted by molar-refractivity contribution is 0.187. The first-order valence-corrected chi connectivity index (χ1v) is 12.5. The quantitative estimate of drug-likeness (QED) is 0.322. The number of amides is 1. The zero-order chi connectivity index (χ0) is 27.1. The van der Waals surface area contributed by atoms with Crippen molar-refractivity contribution in [2.75, 3.05) is 12.4 Å². The van der Waals surface area contributed by atoms with Crippen molar-refractivity contribution in [2.45, 2.75) is 18.9 Å². The van der Waals surface area contributed by atoms with Gasteiger partial charge in [0.25, 0.3) is 5.56 Å². The molecule has 5 aromatic rings. The Labute approximate surface area is 230 Å². The number of hydrogen-bond donors (Lipinski definition) is 2. The minimum absolute atomic E-state index is 0.210. The first-order chi connectivity index (χ1) is 18.9. The second-order valence-electron chi connectivity index (χ2n) is 8.70. The third kappa shape index (κ3) is 4.75. The van der Waals surface area contributed by atoms with E-state index in [9.17, 15) is 9.59 Å². The number of rotatable bonds is 5. The number of H-pyrrole nitrogens is 1. The maximum Gasteiger partial charge on any atom is 0.412 e. The zero-order valence-electron chi connectivity index (χ0n) is 20.3. The highest BCUT2D eigenvalue weighted by molar-refractivity contribution is 6.31. The highest BCUT2D eigenvalue weighted by Gasteiger charge is 2.29. The molecule has 4 aromatic heterocycles. The van der Waals surface area contributed by atoms with Crippen molar-refractivity contribution in [3.05, 3.63) is 87.2 Å². The molecule has 0 fully saturated rings. The van der Waals surface area contributed by atoms with E-state index >= 15 is 0 Å². The van der Waals surface area contributed by atoms with Crippen molar-refractivity contribution in [2.24, 2.45) is 0 Å². The monoisotopic (exact) mass is 563 g/mol. The number of aromatic amines is 1. The van der Waals surface area contributed by atoms with Gasteiger partial charge < -0.3 is 9.72 Å². The number of pyridine rings is 1. The Kier molecular flexibility index (Phi) is 6.33. The normalized spacial score (nSPS) is 14.3. The van der Waals surface area contributed by atoms with Gasteiger partial charge in [0, 0.05) is 34.8 Å². The van der Waals surface area contributed by atoms with E-state index in [-0.39, 0.29) is 16.8 Å². The molecule has 0 spiro atoms. The molecular formula is C25H19Cl2N9O3. The first kappa shape index (κ1) is 24.8. The number of fused-ring (bicyclic) bond motifs is 1. The number of halogens is 2. The van der Waals surface area contributed by atoms with Gasteiger partial charge in [-0.1, -0.05) is 28.4 Å². The fraction of sp³-hybridized carbons (Fsp3) is 0.160. The maximum absolute atomic E-state index is 13.4. The molecule has 1 aliphatic heterocycles. The molecule has 0 radical (unpaired) electrons. The predicted octanol–water partition coefficient (Wildman–Crippen LogP) is 4.30. The fourth-order valence-electron chi connectivity index (χ4n) is 4.55. The van der Waals surface area contributed by atoms with Crippen LogP contribution in [0.15, 0.2) is 59.8 Å². The Morgan fingerprint density at radius 3 is 2.77 bits per heavy atom. The third-order valence-corrected chi connectivity index (χ3v) is 6.73. The van der Waals surface area contributed by atoms with Crippen LogP contribution < -0.4 is 10.9 Å². The number of ether oxygens (including phenoxy) is 1. The molecular weight excluding hydrogens is 545 g/mol. The molecule has 6 rings (SSSR count). The molecule has 14 heteroatoms. The van der Waals surface area contributed by atoms with E-state index in [2.05, 4.69) is 35.3 Å². The molecule has 2 N–H and O–H groups in total. The Balaban J connectivity index is 1.30. The van der Waals surface area contributed by atoms with Crippen LogP contribution in [-0.4, -0.2) is 52.7 Å². The van der Waals surface area contributed by atoms with E-state index in [1.54, 1.807) is 53.5 Å². The van der Waals surface area contributed by atoms with Gasteiger partial charge in [-0.3, -0.25) is 14.7 Å². The SMILES string of the molecule is COC(=O)Nc1ccc(-c2cnc([C@@H]3CCc4nc(-c5cc(Cl)ccc5-n5cc(Cl)nn5)cc(=O)n43)[nH]2)cn1. The number of carbonyl (C=O) groups excluding carboxylic acids is 1. The number of nitrogens with one attached hydrogen (secondary N) is 2. The van der Waals surface area contributed by atoms with E-state index in [1.807, 2.05) is 0 Å². The summed E-state index contributed by atoms with van der Waals surface area (Å²) < 4.78 is 7.75. The lowest BCUT2D eigenvalue weighted by atomic mass is 10.1. The van der Waals surface area contributed by atoms with Crippen molar-refractivity contribution in [3.8, 4) is 28.2 Å². The number of aromatic nitrogens is 8. The summed E-state index contributed by atoms with van der Waals surface area (Å²) in [6, 6.07) is 9.86. The van der Waals surface area contributed by atoms with Crippen molar-refractivity contribution < 1.29 is 9.53 Å². The van der Waals surface area contributed by atoms with Crippen LogP contribution in [0.5, 0.6) is 0 Å². The van der Waals surface area contributed by atoms with Crippen LogP contribution in [0.2, 0.25) is 10.2 Å². The summed E-state index contributed by atoms with van der Waals surface area (Å²) in [6.07, 6.45) is 5.50. The minimum atomic E-state index is -0.601. The van der Waals surface area contributed by atoms with Crippen LogP contribution in [0, 0.1) is 0 Å². The zero-order valence-corrected chi connectivity index (χ0v) is 21.8. The summed E-state index contributed by atoms with van der Waals surface area (Å²) in [7, 11) is 1.28. The largest absolute Gasteiger partial charge is 0.453 e. The summed E-state index contributed by atoms with van der Waals surface area (Å²) in [5, 5.41) is 11.1. The van der Waals surface area contributed by atoms with Gasteiger partial charge in [-0.15, -0.1) is 5.10 Å². The number of aryl methyl sites for hydroxylation is 1. The Morgan fingerprint density at radius 2 is 2.03 bits per heavy atom. The van der Waals surface area contributed by atoms with Gasteiger partial charge in [-0.05, 0) is 36.8 Å². The van der Waals surface area contributed by atoms with Crippen molar-refractivity contribution >= 4 is 35.1 Å². The minimum Gasteiger partial charge on any atom is -0.453 e. The number of benzene rings is 1. The van der Waals surface area contributed by atoms with Gasteiger partial charge in [0.15, 0.2) is 5.15 Å². The van der Waals surface area contributed by atoms with Crippen LogP contribution in [0.4, 0.5) is 10.6 Å². The average Bonchev–Trinajstić information content (AvgIpc) is 3.69. The van der Waals surface area contributed by atoms with Crippen LogP contribution >= 0.6 is 23.2 Å². The van der Waals surface area contributed by atoms with Gasteiger partial charge in [0.1, 0.15) is 17.5 Å². The fourth-order valence-corrected chi connectivity index (χ4v) is 4.85. The van der Waals surface area contributed by atoms with Crippen molar-refractivity contribution in [3.63, 3.8) is 0 Å². The van der Waals surface area contributed by atoms with E-state index in [4.69, 9.17) is 28.2 Å². The Morgan fingerprint density at radius 1 is 1.15 bits per heavy atom. The Hall–Kier alpha value is -4.55. The van der Waals surface area contributed by atoms with Gasteiger partial charge in [-0.25, -0.2) is 24.4 Å². The molecule has 12 nitrogen and oxygen atoms in total. The van der Waals surface area contributed by atoms with E-state index < -0.39 is 6.09 Å². The molecule has 0 unspecified atom stereocenters. The molecule has 0 saturated heterocycles. The van der Waals surface area contributed by atoms with E-state index in [1.165, 1.54) is 17.9 Å². The highest BCUT2D eigenvalue weighted by Crippen LogP contribution is 2.32. The number of methoxy groups -OCH3 is 1. The molecule has 0 saturated carbocycles. The van der Waals surface area contributed by atoms with Crippen molar-refractivity contribution in [1.29, 1.82) is 0 Å². The lowest BCUT2D eigenvalue weighted by Gasteiger charge is -2.14. The summed E-state index contributed by atoms with van der Waals surface area (Å²) in [5.74, 6) is 1.64. The number of nitrogens with zero attached hydrogens (tertiary/aromatic N) is 7. The molecule has 1 amide bonds. The second kappa shape index (κ2) is 9.97. The topological polar surface area (TPSA) is 146 Å². The number of anilines is 1. The number of hydrogen-bond acceptors (Lipinski definition) is 8. The van der Waals surface area contributed by atoms with Gasteiger partial charge in [-0.2, -0.15) is 0 Å². The second-order valence-corrected chi connectivity index (χ2v) is 9.52. The summed E-state index contributed by atoms with van der Waals surface area (Å²) in [5.41, 5.74) is 3.03. The average molecular weight is 564 g/mol. The molecule has 5 heterocycles. The van der Waals surface area contributed by atoms with Crippen molar-refractivity contribution in [1.82, 2.24) is 39.5 Å². The molecule has 39 heavy (non-hydrogen) atoms. The maximum atomic E-state index is 13.4. The van der Waals surface area contributed by atoms with Gasteiger partial charge >= 0.3 is 6.09 Å². The highest BCUT2D eigenvalue weighted by atomic mass is 35.5. The summed E-state index contributed by atoms with van der Waals surface area (Å²) in [4.78, 5) is 41.6. The van der Waals surface area contributed by atoms with Gasteiger partial charge in [0.05, 0.1) is 42.6 Å². The predicted molar refractivity (Wildman–Crippen MR) is 143 cm³/mol. The number of carbonyl (C=O) groups is 1. The lowest BCUT2D eigenvalue weighted by Crippen LogP contribution is -2.25. The smallest absolute Gasteiger partial charge is 0.412 e. The molecule has 0 bridgehead atoms. The molecule has 1 aliphatic rings. The van der Waals surface area contributed by atoms with Crippen LogP contribution in [0.3, 0.4) is 0 Å². The molecule has 0 aliphatic carbocycles. The first-order valence-electron chi connectivity index (χ1n) is 11.8. The molecule has 196 valence electrons. The van der Waals surface area contributed by atoms with Gasteiger partial charge in [0.2, 0.25) is 0 Å². The summed E-state index contributed by atoms with van der Waals surface area (Å²) >= 11 is 12.3. The van der Waals surface area contributed by atoms with E-state index in [0.29, 0.717) is 52.3 Å².